The molecule has 0 aromatic heterocycles. The number of piperidine rings is 1. The van der Waals surface area contributed by atoms with Gasteiger partial charge >= 0.3 is 11.9 Å². The number of rotatable bonds is 6. The van der Waals surface area contributed by atoms with Crippen LogP contribution < -0.4 is 11.1 Å². The normalized spacial score (nSPS) is 40.4. The van der Waals surface area contributed by atoms with Crippen LogP contribution in [0, 0.1) is 35.0 Å². The van der Waals surface area contributed by atoms with Gasteiger partial charge in [-0.25, -0.2) is 9.59 Å². The lowest BCUT2D eigenvalue weighted by atomic mass is 9.43. The summed E-state index contributed by atoms with van der Waals surface area (Å²) in [6.07, 6.45) is 14.6. The van der Waals surface area contributed by atoms with E-state index in [0.717, 1.165) is 106 Å². The first-order valence-electron chi connectivity index (χ1n) is 15.4. The average molecular weight is 520 g/mol. The molecule has 8 aliphatic rings. The quantitative estimate of drug-likeness (QED) is 0.503. The van der Waals surface area contributed by atoms with E-state index in [-0.39, 0.29) is 24.0 Å². The van der Waals surface area contributed by atoms with Crippen molar-refractivity contribution in [2.24, 2.45) is 40.7 Å². The minimum atomic E-state index is -0.506. The van der Waals surface area contributed by atoms with Crippen molar-refractivity contribution in [2.45, 2.75) is 97.1 Å². The molecule has 3 aliphatic heterocycles. The van der Waals surface area contributed by atoms with Gasteiger partial charge in [0.05, 0.1) is 17.5 Å². The van der Waals surface area contributed by atoms with E-state index in [1.807, 2.05) is 0 Å². The van der Waals surface area contributed by atoms with E-state index >= 15 is 0 Å². The van der Waals surface area contributed by atoms with E-state index in [9.17, 15) is 9.59 Å². The van der Waals surface area contributed by atoms with Crippen LogP contribution in [0.4, 0.5) is 0 Å². The third-order valence-corrected chi connectivity index (χ3v) is 11.1. The second-order valence-corrected chi connectivity index (χ2v) is 13.1. The number of hydrogen-bond donors (Lipinski definition) is 2. The third kappa shape index (κ3) is 3.38. The van der Waals surface area contributed by atoms with E-state index in [0.29, 0.717) is 23.7 Å². The third-order valence-electron chi connectivity index (χ3n) is 11.1. The fourth-order valence-electron chi connectivity index (χ4n) is 9.75. The Morgan fingerprint density at radius 3 is 2.71 bits per heavy atom. The summed E-state index contributed by atoms with van der Waals surface area (Å²) in [4.78, 5) is 27.5. The Balaban J connectivity index is 1.41. The summed E-state index contributed by atoms with van der Waals surface area (Å²) < 4.78 is 12.3. The molecule has 0 radical (unpaired) electrons. The average Bonchev–Trinajstić information content (AvgIpc) is 3.40. The van der Waals surface area contributed by atoms with E-state index in [1.165, 1.54) is 16.7 Å². The van der Waals surface area contributed by atoms with Gasteiger partial charge in [0.2, 0.25) is 0 Å². The van der Waals surface area contributed by atoms with Crippen molar-refractivity contribution in [3.8, 4) is 0 Å². The molecule has 8 rings (SSSR count). The van der Waals surface area contributed by atoms with Crippen LogP contribution in [0.1, 0.15) is 90.9 Å². The maximum Gasteiger partial charge on any atom is 0.340 e. The lowest BCUT2D eigenvalue weighted by Crippen LogP contribution is -2.94. The molecule has 0 amide bonds. The number of nitrogens with two attached hydrogens (primary N) is 2. The highest BCUT2D eigenvalue weighted by Crippen LogP contribution is 2.72. The van der Waals surface area contributed by atoms with E-state index in [4.69, 9.17) is 15.2 Å². The minimum absolute atomic E-state index is 0.00581. The Morgan fingerprint density at radius 2 is 1.92 bits per heavy atom. The zero-order valence-corrected chi connectivity index (χ0v) is 23.0. The SMILES string of the molecule is CCCC=C1OC(=O)C2=C(CC3CC[NH2+]C(N)C3)[C@H]3CC[C@@]12[C@H]1C2=C4C(=C(CCC)CC[C@@H]4C[C@H]31)OC2=O. The lowest BCUT2D eigenvalue weighted by Gasteiger charge is -2.57. The monoisotopic (exact) mass is 519 g/mol. The van der Waals surface area contributed by atoms with E-state index in [1.54, 1.807) is 0 Å². The number of carbonyl (C=O) groups excluding carboxylic acids is 2. The first kappa shape index (κ1) is 24.8. The number of fused-ring (bicyclic) bond motifs is 1. The number of esters is 2. The summed E-state index contributed by atoms with van der Waals surface area (Å²) in [6.45, 7) is 5.42. The number of allylic oxidation sites excluding steroid dienone is 5. The van der Waals surface area contributed by atoms with Crippen LogP contribution in [0.2, 0.25) is 0 Å². The molecule has 2 saturated heterocycles. The highest BCUT2D eigenvalue weighted by molar-refractivity contribution is 6.00. The Labute approximate surface area is 226 Å². The van der Waals surface area contributed by atoms with Crippen LogP contribution in [0.15, 0.2) is 45.5 Å². The zero-order chi connectivity index (χ0) is 26.2. The highest BCUT2D eigenvalue weighted by Gasteiger charge is 2.69. The predicted octanol–water partition coefficient (Wildman–Crippen LogP) is 4.54. The zero-order valence-electron chi connectivity index (χ0n) is 23.0. The van der Waals surface area contributed by atoms with Crippen molar-refractivity contribution in [3.05, 3.63) is 45.5 Å². The van der Waals surface area contributed by atoms with Crippen LogP contribution in [-0.4, -0.2) is 24.6 Å². The molecule has 3 fully saturated rings. The first-order chi connectivity index (χ1) is 18.5. The van der Waals surface area contributed by atoms with Crippen LogP contribution in [0.5, 0.6) is 0 Å². The van der Waals surface area contributed by atoms with Crippen LogP contribution in [0.25, 0.3) is 0 Å². The number of cyclic esters (lactones) is 1. The molecule has 6 nitrogen and oxygen atoms in total. The van der Waals surface area contributed by atoms with Crippen molar-refractivity contribution in [2.75, 3.05) is 6.54 Å². The van der Waals surface area contributed by atoms with Crippen LogP contribution in [0.3, 0.4) is 0 Å². The largest absolute Gasteiger partial charge is 0.427 e. The van der Waals surface area contributed by atoms with Gasteiger partial charge in [-0.05, 0) is 93.1 Å². The second kappa shape index (κ2) is 9.19. The summed E-state index contributed by atoms with van der Waals surface area (Å²) in [5.74, 6) is 3.07. The second-order valence-electron chi connectivity index (χ2n) is 13.1. The van der Waals surface area contributed by atoms with Gasteiger partial charge in [-0.3, -0.25) is 5.73 Å². The van der Waals surface area contributed by atoms with Gasteiger partial charge in [-0.15, -0.1) is 0 Å². The molecule has 6 heteroatoms. The van der Waals surface area contributed by atoms with E-state index < -0.39 is 5.41 Å². The topological polar surface area (TPSA) is 95.2 Å². The summed E-state index contributed by atoms with van der Waals surface area (Å²) in [5, 5.41) is 2.25. The van der Waals surface area contributed by atoms with Crippen LogP contribution >= 0.6 is 0 Å². The van der Waals surface area contributed by atoms with E-state index in [2.05, 4.69) is 25.2 Å². The molecule has 38 heavy (non-hydrogen) atoms. The van der Waals surface area contributed by atoms with Gasteiger partial charge in [0.25, 0.3) is 0 Å². The highest BCUT2D eigenvalue weighted by atomic mass is 16.5. The van der Waals surface area contributed by atoms with Crippen molar-refractivity contribution in [1.29, 1.82) is 0 Å². The van der Waals surface area contributed by atoms with Gasteiger partial charge in [0.15, 0.2) is 0 Å². The van der Waals surface area contributed by atoms with Gasteiger partial charge in [-0.2, -0.15) is 0 Å². The Hall–Kier alpha value is -2.18. The number of unbranched alkanes of at least 4 members (excludes halogenated alkanes) is 1. The molecule has 1 spiro atoms. The van der Waals surface area contributed by atoms with Crippen molar-refractivity contribution >= 4 is 11.9 Å². The predicted molar refractivity (Wildman–Crippen MR) is 143 cm³/mol. The number of quaternary nitrogens is 1. The summed E-state index contributed by atoms with van der Waals surface area (Å²) in [6, 6.07) is 0. The molecule has 0 aromatic rings. The molecule has 1 saturated carbocycles. The first-order valence-corrected chi connectivity index (χ1v) is 15.4. The summed E-state index contributed by atoms with van der Waals surface area (Å²) >= 11 is 0. The molecule has 2 bridgehead atoms. The van der Waals surface area contributed by atoms with Crippen LogP contribution in [-0.2, 0) is 19.1 Å². The molecule has 2 unspecified atom stereocenters. The molecular weight excluding hydrogens is 476 g/mol. The molecule has 204 valence electrons. The number of hydrogen-bond acceptors (Lipinski definition) is 5. The molecule has 3 heterocycles. The molecule has 5 aliphatic carbocycles. The van der Waals surface area contributed by atoms with Gasteiger partial charge in [-0.1, -0.05) is 32.3 Å². The lowest BCUT2D eigenvalue weighted by molar-refractivity contribution is -0.699. The smallest absolute Gasteiger partial charge is 0.340 e. The van der Waals surface area contributed by atoms with Crippen molar-refractivity contribution < 1.29 is 24.4 Å². The molecule has 7 atom stereocenters. The molecule has 0 aromatic carbocycles. The Kier molecular flexibility index (Phi) is 6.01. The Bertz CT molecular complexity index is 1210. The summed E-state index contributed by atoms with van der Waals surface area (Å²) in [7, 11) is 0. The fourth-order valence-corrected chi connectivity index (χ4v) is 9.75. The maximum atomic E-state index is 13.8. The minimum Gasteiger partial charge on any atom is -0.427 e. The van der Waals surface area contributed by atoms with Crippen molar-refractivity contribution in [1.82, 2.24) is 0 Å². The number of carbonyl (C=O) groups is 2. The maximum absolute atomic E-state index is 13.8. The van der Waals surface area contributed by atoms with Crippen molar-refractivity contribution in [3.63, 3.8) is 0 Å². The summed E-state index contributed by atoms with van der Waals surface area (Å²) in [5.41, 5.74) is 11.6. The van der Waals surface area contributed by atoms with Gasteiger partial charge in [0.1, 0.15) is 17.7 Å². The molecule has 4 N–H and O–H groups in total. The van der Waals surface area contributed by atoms with Gasteiger partial charge < -0.3 is 14.8 Å². The standard InChI is InChI=1S/C32H42N2O4/c1-3-5-7-23-32-12-10-20(21(28(32)31(36)37-23)14-17-11-13-34-24(33)15-17)22-16-19-9-8-18(6-4-2)29-25(19)26(27(22)32)30(35)38-29/h7,17,19-20,22,24,27,34H,3-6,8-16,33H2,1-2H3/p+1/t17?,19-,20-,22-,24?,27-,32+/m1/s1. The Morgan fingerprint density at radius 1 is 1.05 bits per heavy atom. The van der Waals surface area contributed by atoms with Gasteiger partial charge in [0, 0.05) is 23.5 Å². The molecular formula is C32H43N2O4+. The fraction of sp³-hybridized carbons (Fsp3) is 0.688. The number of ether oxygens (including phenoxy) is 2.